The highest BCUT2D eigenvalue weighted by atomic mass is 15.0. The van der Waals surface area contributed by atoms with Crippen LogP contribution in [0.2, 0.25) is 0 Å². The molecule has 0 saturated heterocycles. The fourth-order valence-electron chi connectivity index (χ4n) is 13.0. The number of rotatable bonds is 6. The van der Waals surface area contributed by atoms with Crippen LogP contribution in [0.4, 0.5) is 0 Å². The van der Waals surface area contributed by atoms with Crippen LogP contribution in [-0.2, 0) is 10.8 Å². The van der Waals surface area contributed by atoms with Gasteiger partial charge in [0.05, 0.1) is 33.4 Å². The zero-order valence-corrected chi connectivity index (χ0v) is 41.5. The predicted octanol–water partition coefficient (Wildman–Crippen LogP) is 16.7. The summed E-state index contributed by atoms with van der Waals surface area (Å²) < 4.78 is 4.96. The van der Waals surface area contributed by atoms with Gasteiger partial charge in [0.1, 0.15) is 0 Å². The van der Waals surface area contributed by atoms with Gasteiger partial charge in [0.2, 0.25) is 0 Å². The van der Waals surface area contributed by atoms with E-state index in [4.69, 9.17) is 19.9 Å². The predicted molar refractivity (Wildman–Crippen MR) is 303 cm³/mol. The third kappa shape index (κ3) is 5.93. The van der Waals surface area contributed by atoms with Gasteiger partial charge in [-0.2, -0.15) is 0 Å². The van der Waals surface area contributed by atoms with E-state index in [1.54, 1.807) is 0 Å². The van der Waals surface area contributed by atoms with Gasteiger partial charge in [0.15, 0.2) is 17.5 Å². The van der Waals surface area contributed by atoms with E-state index in [0.29, 0.717) is 17.5 Å². The largest absolute Gasteiger partial charge is 0.309 e. The third-order valence-corrected chi connectivity index (χ3v) is 16.2. The van der Waals surface area contributed by atoms with E-state index in [-0.39, 0.29) is 10.8 Å². The summed E-state index contributed by atoms with van der Waals surface area (Å²) in [5.41, 5.74) is 21.6. The highest BCUT2D eigenvalue weighted by Gasteiger charge is 2.40. The number of aromatic nitrogens is 6. The molecule has 0 amide bonds. The fraction of sp³-hybridized carbons (Fsp3) is 0.0882. The fourth-order valence-corrected chi connectivity index (χ4v) is 13.0. The van der Waals surface area contributed by atoms with Crippen molar-refractivity contribution in [2.45, 2.75) is 38.5 Å². The van der Waals surface area contributed by atoms with E-state index in [1.807, 2.05) is 42.6 Å². The second-order valence-corrected chi connectivity index (χ2v) is 21.0. The molecule has 74 heavy (non-hydrogen) atoms. The van der Waals surface area contributed by atoms with Gasteiger partial charge < -0.3 is 9.13 Å². The minimum atomic E-state index is -0.235. The van der Waals surface area contributed by atoms with Gasteiger partial charge in [-0.3, -0.25) is 4.98 Å². The highest BCUT2D eigenvalue weighted by Crippen LogP contribution is 2.55. The molecule has 0 spiro atoms. The maximum atomic E-state index is 5.27. The van der Waals surface area contributed by atoms with Crippen molar-refractivity contribution in [2.24, 2.45) is 0 Å². The van der Waals surface area contributed by atoms with Gasteiger partial charge in [-0.15, -0.1) is 0 Å². The average molecular weight is 949 g/mol. The van der Waals surface area contributed by atoms with Crippen LogP contribution in [-0.4, -0.2) is 29.1 Å². The smallest absolute Gasteiger partial charge is 0.164 e. The minimum Gasteiger partial charge on any atom is -0.309 e. The number of pyridine rings is 1. The molecular weight excluding hydrogens is 901 g/mol. The maximum absolute atomic E-state index is 5.27. The monoisotopic (exact) mass is 948 g/mol. The van der Waals surface area contributed by atoms with Gasteiger partial charge in [-0.05, 0) is 80.9 Å². The van der Waals surface area contributed by atoms with Crippen LogP contribution in [0.15, 0.2) is 219 Å². The van der Waals surface area contributed by atoms with Crippen molar-refractivity contribution >= 4 is 43.6 Å². The number of nitrogens with zero attached hydrogens (tertiary/aromatic N) is 6. The van der Waals surface area contributed by atoms with Crippen molar-refractivity contribution in [3.8, 4) is 78.9 Å². The maximum Gasteiger partial charge on any atom is 0.164 e. The molecule has 2 aliphatic carbocycles. The molecule has 0 unspecified atom stereocenters. The zero-order valence-electron chi connectivity index (χ0n) is 41.5. The summed E-state index contributed by atoms with van der Waals surface area (Å²) in [4.78, 5) is 20.6. The summed E-state index contributed by atoms with van der Waals surface area (Å²) in [7, 11) is 0. The lowest BCUT2D eigenvalue weighted by molar-refractivity contribution is 0.666. The normalized spacial score (nSPS) is 13.9. The first-order valence-corrected chi connectivity index (χ1v) is 25.6. The van der Waals surface area contributed by atoms with Crippen molar-refractivity contribution in [1.82, 2.24) is 29.1 Å². The van der Waals surface area contributed by atoms with E-state index in [0.717, 1.165) is 61.3 Å². The highest BCUT2D eigenvalue weighted by molar-refractivity contribution is 6.16. The Morgan fingerprint density at radius 2 is 0.784 bits per heavy atom. The molecule has 9 aromatic carbocycles. The van der Waals surface area contributed by atoms with E-state index in [9.17, 15) is 0 Å². The lowest BCUT2D eigenvalue weighted by atomic mass is 9.80. The van der Waals surface area contributed by atoms with Gasteiger partial charge in [-0.1, -0.05) is 198 Å². The van der Waals surface area contributed by atoms with Crippen molar-refractivity contribution in [2.75, 3.05) is 0 Å². The molecule has 0 N–H and O–H groups in total. The van der Waals surface area contributed by atoms with Crippen LogP contribution in [0.5, 0.6) is 0 Å². The molecule has 4 aromatic heterocycles. The Bertz CT molecular complexity index is 4420. The van der Waals surface area contributed by atoms with E-state index in [1.165, 1.54) is 66.1 Å². The Labute approximate surface area is 429 Å². The lowest BCUT2D eigenvalue weighted by Crippen LogP contribution is -2.15. The molecule has 0 atom stereocenters. The first-order valence-electron chi connectivity index (χ1n) is 25.6. The van der Waals surface area contributed by atoms with Crippen LogP contribution < -0.4 is 0 Å². The molecule has 15 rings (SSSR count). The van der Waals surface area contributed by atoms with Crippen LogP contribution >= 0.6 is 0 Å². The minimum absolute atomic E-state index is 0.201. The standard InChI is InChI=1S/C68H48N6/c1-67(2)52-27-15-11-23-44(52)47-33-35-57-60(62(47)67)49-25-13-17-29-54(49)73(57)56-37-38-69-40-51(56)46-32-31-43(66-71-64(41-19-7-5-8-20-41)70-65(72-66)42-21-9-6-10-22-42)39-59(46)74-55-30-18-14-26-50(55)61-58(74)36-34-48-45-24-12-16-28-53(45)68(3,4)63(48)61/h5-40H,1-4H3. The summed E-state index contributed by atoms with van der Waals surface area (Å²) in [5.74, 6) is 1.83. The third-order valence-electron chi connectivity index (χ3n) is 16.2. The first kappa shape index (κ1) is 42.4. The molecule has 0 saturated carbocycles. The van der Waals surface area contributed by atoms with Crippen molar-refractivity contribution < 1.29 is 0 Å². The van der Waals surface area contributed by atoms with E-state index < -0.39 is 0 Å². The molecule has 2 aliphatic rings. The van der Waals surface area contributed by atoms with Gasteiger partial charge in [0, 0.05) is 72.6 Å². The number of hydrogen-bond acceptors (Lipinski definition) is 4. The van der Waals surface area contributed by atoms with Crippen LogP contribution in [0, 0.1) is 0 Å². The van der Waals surface area contributed by atoms with Crippen LogP contribution in [0.25, 0.3) is 123 Å². The van der Waals surface area contributed by atoms with Crippen molar-refractivity contribution in [3.63, 3.8) is 0 Å². The number of para-hydroxylation sites is 2. The quantitative estimate of drug-likeness (QED) is 0.167. The Balaban J connectivity index is 1.03. The molecule has 0 aliphatic heterocycles. The summed E-state index contributed by atoms with van der Waals surface area (Å²) in [6, 6.07) is 74.4. The summed E-state index contributed by atoms with van der Waals surface area (Å²) in [6.07, 6.45) is 3.99. The summed E-state index contributed by atoms with van der Waals surface area (Å²) in [5, 5.41) is 4.99. The second-order valence-electron chi connectivity index (χ2n) is 21.0. The van der Waals surface area contributed by atoms with Crippen LogP contribution in [0.3, 0.4) is 0 Å². The Hall–Kier alpha value is -9.26. The second kappa shape index (κ2) is 15.6. The summed E-state index contributed by atoms with van der Waals surface area (Å²) in [6.45, 7) is 9.53. The van der Waals surface area contributed by atoms with Gasteiger partial charge in [-0.25, -0.2) is 15.0 Å². The number of benzene rings is 9. The van der Waals surface area contributed by atoms with Crippen LogP contribution in [0.1, 0.15) is 49.9 Å². The Kier molecular flexibility index (Phi) is 8.95. The molecule has 6 heteroatoms. The summed E-state index contributed by atoms with van der Waals surface area (Å²) >= 11 is 0. The molecule has 6 nitrogen and oxygen atoms in total. The lowest BCUT2D eigenvalue weighted by Gasteiger charge is -2.23. The van der Waals surface area contributed by atoms with Gasteiger partial charge in [0.25, 0.3) is 0 Å². The molecular formula is C68H48N6. The van der Waals surface area contributed by atoms with Crippen molar-refractivity contribution in [3.05, 3.63) is 241 Å². The Morgan fingerprint density at radius 1 is 0.338 bits per heavy atom. The van der Waals surface area contributed by atoms with Crippen molar-refractivity contribution in [1.29, 1.82) is 0 Å². The first-order chi connectivity index (χ1) is 36.3. The molecule has 350 valence electrons. The molecule has 13 aromatic rings. The SMILES string of the molecule is CC1(C)c2ccccc2-c2ccc3c(c21)c1ccccc1n3-c1ccncc1-c1ccc(-c2nc(-c3ccccc3)nc(-c3ccccc3)n2)cc1-n1c2ccccc2c2c3c(ccc21)-c1ccccc1C3(C)C. The number of hydrogen-bond donors (Lipinski definition) is 0. The van der Waals surface area contributed by atoms with E-state index in [2.05, 4.69) is 213 Å². The van der Waals surface area contributed by atoms with Gasteiger partial charge >= 0.3 is 0 Å². The number of fused-ring (bicyclic) bond motifs is 14. The van der Waals surface area contributed by atoms with E-state index >= 15 is 0 Å². The zero-order chi connectivity index (χ0) is 49.5. The average Bonchev–Trinajstić information content (AvgIpc) is 4.16. The molecule has 0 fully saturated rings. The molecule has 0 radical (unpaired) electrons. The molecule has 0 bridgehead atoms. The Morgan fingerprint density at radius 3 is 1.32 bits per heavy atom. The molecule has 4 heterocycles. The topological polar surface area (TPSA) is 61.4 Å².